The summed E-state index contributed by atoms with van der Waals surface area (Å²) in [6, 6.07) is 0. The summed E-state index contributed by atoms with van der Waals surface area (Å²) in [6.07, 6.45) is 6.39. The summed E-state index contributed by atoms with van der Waals surface area (Å²) in [4.78, 5) is 2.26. The maximum absolute atomic E-state index is 5.74. The Kier molecular flexibility index (Phi) is 5.77. The van der Waals surface area contributed by atoms with Crippen molar-refractivity contribution in [2.75, 3.05) is 26.2 Å². The lowest BCUT2D eigenvalue weighted by molar-refractivity contribution is 0.185. The largest absolute Gasteiger partial charge is 0.330 e. The predicted molar refractivity (Wildman–Crippen MR) is 58.4 cm³/mol. The van der Waals surface area contributed by atoms with E-state index in [9.17, 15) is 0 Å². The van der Waals surface area contributed by atoms with Crippen molar-refractivity contribution in [2.45, 2.75) is 27.2 Å². The predicted octanol–water partition coefficient (Wildman–Crippen LogP) is 1.32. The van der Waals surface area contributed by atoms with Crippen LogP contribution >= 0.6 is 0 Å². The van der Waals surface area contributed by atoms with Gasteiger partial charge >= 0.3 is 0 Å². The summed E-state index contributed by atoms with van der Waals surface area (Å²) in [5, 5.41) is 0. The van der Waals surface area contributed by atoms with Crippen LogP contribution in [0, 0.1) is 17.8 Å². The van der Waals surface area contributed by atoms with Crippen LogP contribution in [0.25, 0.3) is 0 Å². The van der Waals surface area contributed by atoms with Crippen molar-refractivity contribution >= 4 is 0 Å². The highest BCUT2D eigenvalue weighted by Gasteiger charge is 2.22. The molecule has 0 aromatic rings. The first kappa shape index (κ1) is 12.5. The van der Waals surface area contributed by atoms with Gasteiger partial charge in [-0.3, -0.25) is 4.90 Å². The Morgan fingerprint density at radius 1 is 1.46 bits per heavy atom. The fourth-order valence-electron chi connectivity index (χ4n) is 1.27. The second-order valence-electron chi connectivity index (χ2n) is 3.88. The van der Waals surface area contributed by atoms with Gasteiger partial charge in [0.25, 0.3) is 0 Å². The SMILES string of the molecule is C#CCN(CC)CC(C)(CC)CN. The van der Waals surface area contributed by atoms with E-state index in [1.807, 2.05) is 0 Å². The lowest BCUT2D eigenvalue weighted by atomic mass is 9.87. The first-order valence-electron chi connectivity index (χ1n) is 4.97. The molecule has 2 nitrogen and oxygen atoms in total. The number of hydrogen-bond acceptors (Lipinski definition) is 2. The van der Waals surface area contributed by atoms with Gasteiger partial charge < -0.3 is 5.73 Å². The van der Waals surface area contributed by atoms with Gasteiger partial charge in [0.15, 0.2) is 0 Å². The zero-order valence-corrected chi connectivity index (χ0v) is 9.14. The van der Waals surface area contributed by atoms with Crippen LogP contribution in [0.4, 0.5) is 0 Å². The molecule has 0 amide bonds. The van der Waals surface area contributed by atoms with E-state index in [0.717, 1.165) is 32.6 Å². The Hall–Kier alpha value is -0.520. The normalized spacial score (nSPS) is 15.4. The minimum Gasteiger partial charge on any atom is -0.330 e. The van der Waals surface area contributed by atoms with Gasteiger partial charge in [-0.1, -0.05) is 26.7 Å². The monoisotopic (exact) mass is 182 g/mol. The van der Waals surface area contributed by atoms with Gasteiger partial charge in [-0.25, -0.2) is 0 Å². The van der Waals surface area contributed by atoms with Crippen LogP contribution < -0.4 is 5.73 Å². The maximum Gasteiger partial charge on any atom is 0.0599 e. The zero-order chi connectivity index (χ0) is 10.3. The molecule has 0 aliphatic heterocycles. The minimum atomic E-state index is 0.215. The second-order valence-corrected chi connectivity index (χ2v) is 3.88. The minimum absolute atomic E-state index is 0.215. The quantitative estimate of drug-likeness (QED) is 0.628. The molecule has 0 aromatic carbocycles. The molecule has 0 aliphatic rings. The molecule has 76 valence electrons. The number of nitrogens with two attached hydrogens (primary N) is 1. The van der Waals surface area contributed by atoms with Gasteiger partial charge in [0.05, 0.1) is 6.54 Å². The van der Waals surface area contributed by atoms with Crippen LogP contribution in [-0.4, -0.2) is 31.1 Å². The van der Waals surface area contributed by atoms with Gasteiger partial charge in [0.2, 0.25) is 0 Å². The van der Waals surface area contributed by atoms with E-state index in [4.69, 9.17) is 12.2 Å². The van der Waals surface area contributed by atoms with Crippen LogP contribution in [0.15, 0.2) is 0 Å². The highest BCUT2D eigenvalue weighted by molar-refractivity contribution is 4.90. The summed E-state index contributed by atoms with van der Waals surface area (Å²) in [5.41, 5.74) is 5.95. The van der Waals surface area contributed by atoms with E-state index in [1.54, 1.807) is 0 Å². The molecule has 0 fully saturated rings. The zero-order valence-electron chi connectivity index (χ0n) is 9.14. The Labute approximate surface area is 82.5 Å². The highest BCUT2D eigenvalue weighted by Crippen LogP contribution is 2.20. The molecule has 2 N–H and O–H groups in total. The Balaban J connectivity index is 4.12. The maximum atomic E-state index is 5.74. The van der Waals surface area contributed by atoms with Gasteiger partial charge in [0, 0.05) is 6.54 Å². The van der Waals surface area contributed by atoms with Crippen LogP contribution in [0.5, 0.6) is 0 Å². The standard InChI is InChI=1S/C11H22N2/c1-5-8-13(7-3)10-11(4,6-2)9-12/h1H,6-10,12H2,2-4H3. The first-order valence-corrected chi connectivity index (χ1v) is 4.97. The summed E-state index contributed by atoms with van der Waals surface area (Å²) < 4.78 is 0. The van der Waals surface area contributed by atoms with Crippen LogP contribution in [0.1, 0.15) is 27.2 Å². The molecule has 0 aliphatic carbocycles. The topological polar surface area (TPSA) is 29.3 Å². The van der Waals surface area contributed by atoms with E-state index in [0.29, 0.717) is 0 Å². The molecule has 0 rings (SSSR count). The number of terminal acetylenes is 1. The molecular weight excluding hydrogens is 160 g/mol. The smallest absolute Gasteiger partial charge is 0.0599 e. The lowest BCUT2D eigenvalue weighted by Crippen LogP contribution is -2.40. The molecule has 1 unspecified atom stereocenters. The molecule has 0 heterocycles. The van der Waals surface area contributed by atoms with Crippen molar-refractivity contribution in [3.8, 4) is 12.3 Å². The molecule has 0 aromatic heterocycles. The van der Waals surface area contributed by atoms with Gasteiger partial charge in [-0.15, -0.1) is 6.42 Å². The van der Waals surface area contributed by atoms with E-state index >= 15 is 0 Å². The van der Waals surface area contributed by atoms with Crippen LogP contribution in [-0.2, 0) is 0 Å². The summed E-state index contributed by atoms with van der Waals surface area (Å²) in [5.74, 6) is 2.67. The van der Waals surface area contributed by atoms with E-state index in [2.05, 4.69) is 31.6 Å². The van der Waals surface area contributed by atoms with Crippen molar-refractivity contribution in [2.24, 2.45) is 11.1 Å². The first-order chi connectivity index (χ1) is 6.11. The molecule has 1 atom stereocenters. The molecular formula is C11H22N2. The molecule has 0 bridgehead atoms. The molecule has 0 saturated carbocycles. The summed E-state index contributed by atoms with van der Waals surface area (Å²) in [7, 11) is 0. The Bertz CT molecular complexity index is 165. The van der Waals surface area contributed by atoms with Crippen LogP contribution in [0.3, 0.4) is 0 Å². The summed E-state index contributed by atoms with van der Waals surface area (Å²) >= 11 is 0. The van der Waals surface area contributed by atoms with Crippen molar-refractivity contribution in [1.82, 2.24) is 4.90 Å². The fourth-order valence-corrected chi connectivity index (χ4v) is 1.27. The van der Waals surface area contributed by atoms with E-state index < -0.39 is 0 Å². The van der Waals surface area contributed by atoms with E-state index in [1.165, 1.54) is 0 Å². The van der Waals surface area contributed by atoms with Crippen molar-refractivity contribution < 1.29 is 0 Å². The van der Waals surface area contributed by atoms with Gasteiger partial charge in [-0.2, -0.15) is 0 Å². The number of nitrogens with zero attached hydrogens (tertiary/aromatic N) is 1. The Morgan fingerprint density at radius 3 is 2.38 bits per heavy atom. The Morgan fingerprint density at radius 2 is 2.08 bits per heavy atom. The van der Waals surface area contributed by atoms with Gasteiger partial charge in [-0.05, 0) is 24.9 Å². The third kappa shape index (κ3) is 4.31. The van der Waals surface area contributed by atoms with Crippen molar-refractivity contribution in [1.29, 1.82) is 0 Å². The third-order valence-corrected chi connectivity index (χ3v) is 2.71. The molecule has 0 saturated heterocycles. The van der Waals surface area contributed by atoms with Crippen LogP contribution in [0.2, 0.25) is 0 Å². The second kappa shape index (κ2) is 6.01. The average Bonchev–Trinajstić information content (AvgIpc) is 2.17. The van der Waals surface area contributed by atoms with Gasteiger partial charge in [0.1, 0.15) is 0 Å². The third-order valence-electron chi connectivity index (χ3n) is 2.71. The van der Waals surface area contributed by atoms with Crippen molar-refractivity contribution in [3.63, 3.8) is 0 Å². The van der Waals surface area contributed by atoms with E-state index in [-0.39, 0.29) is 5.41 Å². The molecule has 0 spiro atoms. The highest BCUT2D eigenvalue weighted by atomic mass is 15.1. The fraction of sp³-hybridized carbons (Fsp3) is 0.818. The molecule has 13 heavy (non-hydrogen) atoms. The average molecular weight is 182 g/mol. The molecule has 0 radical (unpaired) electrons. The molecule has 2 heteroatoms. The number of rotatable bonds is 6. The lowest BCUT2D eigenvalue weighted by Gasteiger charge is -2.32. The number of hydrogen-bond donors (Lipinski definition) is 1. The van der Waals surface area contributed by atoms with Crippen molar-refractivity contribution in [3.05, 3.63) is 0 Å². The summed E-state index contributed by atoms with van der Waals surface area (Å²) in [6.45, 7) is 9.98.